The molecule has 0 aromatic heterocycles. The van der Waals surface area contributed by atoms with Crippen LogP contribution in [0.15, 0.2) is 54.6 Å². The SMILES string of the molecule is CCC(=O)Oc1ccc(-c2ccc3c(c2COc2cc(F)ccc2C)C(C)=CC(C)(C)N3)c(OC)c1. The maximum atomic E-state index is 13.9. The molecule has 0 aliphatic carbocycles. The molecule has 188 valence electrons. The molecular formula is C30H32FNO4. The van der Waals surface area contributed by atoms with Gasteiger partial charge in [-0.15, -0.1) is 0 Å². The van der Waals surface area contributed by atoms with E-state index in [9.17, 15) is 9.18 Å². The number of anilines is 1. The van der Waals surface area contributed by atoms with Crippen LogP contribution in [0.1, 0.15) is 50.8 Å². The number of fused-ring (bicyclic) bond motifs is 1. The van der Waals surface area contributed by atoms with E-state index in [0.29, 0.717) is 17.2 Å². The van der Waals surface area contributed by atoms with Gasteiger partial charge in [0, 0.05) is 40.9 Å². The number of methoxy groups -OCH3 is 1. The Morgan fingerprint density at radius 2 is 1.75 bits per heavy atom. The van der Waals surface area contributed by atoms with Crippen LogP contribution in [-0.2, 0) is 11.4 Å². The Hall–Kier alpha value is -3.80. The molecule has 0 saturated heterocycles. The Morgan fingerprint density at radius 3 is 2.47 bits per heavy atom. The second-order valence-corrected chi connectivity index (χ2v) is 9.58. The number of hydrogen-bond acceptors (Lipinski definition) is 5. The first-order valence-corrected chi connectivity index (χ1v) is 12.0. The summed E-state index contributed by atoms with van der Waals surface area (Å²) < 4.78 is 31.2. The van der Waals surface area contributed by atoms with Crippen molar-refractivity contribution in [3.8, 4) is 28.4 Å². The summed E-state index contributed by atoms with van der Waals surface area (Å²) in [5, 5.41) is 3.59. The van der Waals surface area contributed by atoms with E-state index in [-0.39, 0.29) is 30.4 Å². The lowest BCUT2D eigenvalue weighted by atomic mass is 9.85. The van der Waals surface area contributed by atoms with Crippen molar-refractivity contribution in [3.63, 3.8) is 0 Å². The van der Waals surface area contributed by atoms with Crippen molar-refractivity contribution in [1.82, 2.24) is 0 Å². The third-order valence-corrected chi connectivity index (χ3v) is 6.25. The highest BCUT2D eigenvalue weighted by molar-refractivity contribution is 5.88. The second kappa shape index (κ2) is 10.1. The standard InChI is InChI=1S/C30H32FNO4/c1-7-28(33)36-21-10-11-23(27(15-21)34-6)22-12-13-25-29(19(3)16-30(4,5)32-25)24(22)17-35-26-14-20(31)9-8-18(26)2/h8-16,32H,7,17H2,1-6H3. The average molecular weight is 490 g/mol. The Balaban J connectivity index is 1.84. The first-order chi connectivity index (χ1) is 17.1. The van der Waals surface area contributed by atoms with Gasteiger partial charge in [-0.25, -0.2) is 4.39 Å². The van der Waals surface area contributed by atoms with Gasteiger partial charge < -0.3 is 19.5 Å². The van der Waals surface area contributed by atoms with Crippen molar-refractivity contribution in [3.05, 3.63) is 77.1 Å². The monoisotopic (exact) mass is 489 g/mol. The molecule has 5 nitrogen and oxygen atoms in total. The highest BCUT2D eigenvalue weighted by Gasteiger charge is 2.27. The molecular weight excluding hydrogens is 457 g/mol. The van der Waals surface area contributed by atoms with E-state index in [4.69, 9.17) is 14.2 Å². The zero-order valence-electron chi connectivity index (χ0n) is 21.6. The predicted molar refractivity (Wildman–Crippen MR) is 141 cm³/mol. The van der Waals surface area contributed by atoms with E-state index in [1.807, 2.05) is 19.1 Å². The number of benzene rings is 3. The van der Waals surface area contributed by atoms with Gasteiger partial charge in [0.1, 0.15) is 29.7 Å². The number of carbonyl (C=O) groups excluding carboxylic acids is 1. The highest BCUT2D eigenvalue weighted by atomic mass is 19.1. The predicted octanol–water partition coefficient (Wildman–Crippen LogP) is 7.31. The normalized spacial score (nSPS) is 13.8. The molecule has 0 fully saturated rings. The summed E-state index contributed by atoms with van der Waals surface area (Å²) in [4.78, 5) is 11.8. The van der Waals surface area contributed by atoms with Crippen LogP contribution in [0.5, 0.6) is 17.2 Å². The summed E-state index contributed by atoms with van der Waals surface area (Å²) in [6.45, 7) is 10.2. The van der Waals surface area contributed by atoms with Gasteiger partial charge in [-0.2, -0.15) is 0 Å². The minimum absolute atomic E-state index is 0.196. The summed E-state index contributed by atoms with van der Waals surface area (Å²) >= 11 is 0. The van der Waals surface area contributed by atoms with Crippen LogP contribution in [-0.4, -0.2) is 18.6 Å². The maximum Gasteiger partial charge on any atom is 0.310 e. The molecule has 1 heterocycles. The Bertz CT molecular complexity index is 1340. The average Bonchev–Trinajstić information content (AvgIpc) is 2.83. The number of halogens is 1. The molecule has 0 spiro atoms. The number of aryl methyl sites for hydroxylation is 1. The largest absolute Gasteiger partial charge is 0.496 e. The van der Waals surface area contributed by atoms with Crippen LogP contribution in [0, 0.1) is 12.7 Å². The molecule has 0 saturated carbocycles. The second-order valence-electron chi connectivity index (χ2n) is 9.58. The maximum absolute atomic E-state index is 13.9. The fourth-order valence-corrected chi connectivity index (χ4v) is 4.64. The lowest BCUT2D eigenvalue weighted by Gasteiger charge is -2.33. The summed E-state index contributed by atoms with van der Waals surface area (Å²) in [5.41, 5.74) is 6.54. The van der Waals surface area contributed by atoms with Gasteiger partial charge in [0.25, 0.3) is 0 Å². The number of nitrogens with one attached hydrogen (secondary N) is 1. The van der Waals surface area contributed by atoms with Gasteiger partial charge in [-0.3, -0.25) is 4.79 Å². The summed E-state index contributed by atoms with van der Waals surface area (Å²) in [6.07, 6.45) is 2.48. The smallest absolute Gasteiger partial charge is 0.310 e. The van der Waals surface area contributed by atoms with Crippen LogP contribution in [0.4, 0.5) is 10.1 Å². The van der Waals surface area contributed by atoms with Crippen molar-refractivity contribution < 1.29 is 23.4 Å². The van der Waals surface area contributed by atoms with E-state index in [0.717, 1.165) is 39.1 Å². The van der Waals surface area contributed by atoms with Gasteiger partial charge in [0.15, 0.2) is 0 Å². The first kappa shape index (κ1) is 25.3. The minimum atomic E-state index is -0.343. The van der Waals surface area contributed by atoms with Gasteiger partial charge in [0.2, 0.25) is 0 Å². The third-order valence-electron chi connectivity index (χ3n) is 6.25. The molecule has 1 aliphatic heterocycles. The van der Waals surface area contributed by atoms with Gasteiger partial charge in [0.05, 0.1) is 12.6 Å². The molecule has 1 N–H and O–H groups in total. The molecule has 3 aromatic rings. The van der Waals surface area contributed by atoms with Crippen LogP contribution in [0.3, 0.4) is 0 Å². The van der Waals surface area contributed by atoms with Gasteiger partial charge in [-0.05, 0) is 68.7 Å². The number of rotatable bonds is 7. The fourth-order valence-electron chi connectivity index (χ4n) is 4.64. The van der Waals surface area contributed by atoms with Crippen molar-refractivity contribution in [1.29, 1.82) is 0 Å². The molecule has 6 heteroatoms. The molecule has 3 aromatic carbocycles. The highest BCUT2D eigenvalue weighted by Crippen LogP contribution is 2.43. The van der Waals surface area contributed by atoms with E-state index in [2.05, 4.69) is 38.2 Å². The van der Waals surface area contributed by atoms with E-state index >= 15 is 0 Å². The number of allylic oxidation sites excluding steroid dienone is 1. The number of ether oxygens (including phenoxy) is 3. The third kappa shape index (κ3) is 5.23. The zero-order valence-corrected chi connectivity index (χ0v) is 21.6. The molecule has 0 atom stereocenters. The molecule has 1 aliphatic rings. The van der Waals surface area contributed by atoms with E-state index < -0.39 is 0 Å². The summed E-state index contributed by atoms with van der Waals surface area (Å²) in [7, 11) is 1.59. The van der Waals surface area contributed by atoms with Crippen LogP contribution in [0.2, 0.25) is 0 Å². The Labute approximate surface area is 211 Å². The number of carbonyl (C=O) groups is 1. The van der Waals surface area contributed by atoms with E-state index in [1.165, 1.54) is 12.1 Å². The lowest BCUT2D eigenvalue weighted by molar-refractivity contribution is -0.134. The summed E-state index contributed by atoms with van der Waals surface area (Å²) in [5.74, 6) is 0.841. The van der Waals surface area contributed by atoms with Crippen molar-refractivity contribution in [2.45, 2.75) is 53.2 Å². The first-order valence-electron chi connectivity index (χ1n) is 12.0. The van der Waals surface area contributed by atoms with Gasteiger partial charge >= 0.3 is 5.97 Å². The van der Waals surface area contributed by atoms with Crippen molar-refractivity contribution >= 4 is 17.2 Å². The lowest BCUT2D eigenvalue weighted by Crippen LogP contribution is -2.32. The minimum Gasteiger partial charge on any atom is -0.496 e. The Morgan fingerprint density at radius 1 is 1.00 bits per heavy atom. The quantitative estimate of drug-likeness (QED) is 0.278. The van der Waals surface area contributed by atoms with Crippen LogP contribution >= 0.6 is 0 Å². The van der Waals surface area contributed by atoms with Crippen LogP contribution in [0.25, 0.3) is 16.7 Å². The Kier molecular flexibility index (Phi) is 7.07. The van der Waals surface area contributed by atoms with Crippen LogP contribution < -0.4 is 19.5 Å². The van der Waals surface area contributed by atoms with E-state index in [1.54, 1.807) is 32.2 Å². The number of esters is 1. The van der Waals surface area contributed by atoms with Crippen molar-refractivity contribution in [2.75, 3.05) is 12.4 Å². The number of hydrogen-bond donors (Lipinski definition) is 1. The molecule has 0 unspecified atom stereocenters. The fraction of sp³-hybridized carbons (Fsp3) is 0.300. The molecule has 36 heavy (non-hydrogen) atoms. The zero-order chi connectivity index (χ0) is 26.0. The molecule has 0 radical (unpaired) electrons. The van der Waals surface area contributed by atoms with Crippen molar-refractivity contribution in [2.24, 2.45) is 0 Å². The summed E-state index contributed by atoms with van der Waals surface area (Å²) in [6, 6.07) is 14.0. The van der Waals surface area contributed by atoms with Gasteiger partial charge in [-0.1, -0.05) is 25.1 Å². The topological polar surface area (TPSA) is 56.8 Å². The molecule has 0 amide bonds. The molecule has 4 rings (SSSR count). The molecule has 0 bridgehead atoms.